The molecule has 0 saturated heterocycles. The second-order valence-electron chi connectivity index (χ2n) is 6.91. The Hall–Kier alpha value is -2.39. The van der Waals surface area contributed by atoms with Crippen molar-refractivity contribution in [2.24, 2.45) is 0 Å². The Morgan fingerprint density at radius 3 is 2.44 bits per heavy atom. The van der Waals surface area contributed by atoms with E-state index in [1.54, 1.807) is 38.2 Å². The number of aryl methyl sites for hydroxylation is 1. The zero-order valence-electron chi connectivity index (χ0n) is 17.6. The highest BCUT2D eigenvalue weighted by Gasteiger charge is 2.25. The molecule has 170 valence electrons. The molecule has 0 atom stereocenters. The smallest absolute Gasteiger partial charge is 0.244 e. The van der Waals surface area contributed by atoms with E-state index < -0.39 is 10.0 Å². The van der Waals surface area contributed by atoms with Crippen LogP contribution in [-0.4, -0.2) is 36.7 Å². The number of sulfonamides is 1. The summed E-state index contributed by atoms with van der Waals surface area (Å²) in [5.41, 5.74) is 1.18. The van der Waals surface area contributed by atoms with E-state index in [4.69, 9.17) is 27.6 Å². The molecule has 3 rings (SSSR count). The maximum absolute atomic E-state index is 12.8. The Balaban J connectivity index is 1.65. The van der Waals surface area contributed by atoms with Gasteiger partial charge in [0.2, 0.25) is 15.9 Å². The monoisotopic (exact) mass is 495 g/mol. The van der Waals surface area contributed by atoms with Gasteiger partial charge in [-0.3, -0.25) is 4.79 Å². The summed E-state index contributed by atoms with van der Waals surface area (Å²) in [6.45, 7) is 4.14. The summed E-state index contributed by atoms with van der Waals surface area (Å²) in [5, 5.41) is 3.43. The van der Waals surface area contributed by atoms with Crippen LogP contribution in [0.3, 0.4) is 0 Å². The third-order valence-electron chi connectivity index (χ3n) is 4.79. The average molecular weight is 496 g/mol. The normalized spacial score (nSPS) is 11.7. The number of nitrogens with zero attached hydrogens (tertiary/aromatic N) is 2. The van der Waals surface area contributed by atoms with Crippen molar-refractivity contribution in [2.45, 2.75) is 31.6 Å². The number of nitrogens with one attached hydrogen (secondary N) is 1. The zero-order valence-corrected chi connectivity index (χ0v) is 20.0. The number of aromatic nitrogens is 1. The first-order chi connectivity index (χ1) is 15.2. The van der Waals surface area contributed by atoms with E-state index in [1.807, 2.05) is 12.1 Å². The van der Waals surface area contributed by atoms with Gasteiger partial charge in [0.05, 0.1) is 11.2 Å². The molecule has 0 bridgehead atoms. The molecule has 2 aromatic carbocycles. The molecule has 0 aliphatic rings. The van der Waals surface area contributed by atoms with Crippen LogP contribution in [0.5, 0.6) is 0 Å². The summed E-state index contributed by atoms with van der Waals surface area (Å²) < 4.78 is 32.6. The standard InChI is InChI=1S/C22H23Cl2N3O4S/c1-3-27(4-2)32(29,30)20-13-17(9-10-18(20)24)26-21(28)11-12-22-25-14-19(31-22)15-5-7-16(23)8-6-15/h5-10,13-14H,3-4,11-12H2,1-2H3,(H,26,28). The van der Waals surface area contributed by atoms with Crippen molar-refractivity contribution < 1.29 is 17.6 Å². The van der Waals surface area contributed by atoms with Crippen LogP contribution in [0.25, 0.3) is 11.3 Å². The maximum Gasteiger partial charge on any atom is 0.244 e. The summed E-state index contributed by atoms with van der Waals surface area (Å²) in [6.07, 6.45) is 2.00. The van der Waals surface area contributed by atoms with Crippen molar-refractivity contribution in [3.63, 3.8) is 0 Å². The van der Waals surface area contributed by atoms with Gasteiger partial charge in [0.1, 0.15) is 4.90 Å². The Kier molecular flexibility index (Phi) is 7.95. The molecule has 0 aliphatic heterocycles. The Morgan fingerprint density at radius 1 is 1.09 bits per heavy atom. The second kappa shape index (κ2) is 10.5. The molecule has 0 fully saturated rings. The van der Waals surface area contributed by atoms with Crippen LogP contribution in [0.1, 0.15) is 26.2 Å². The molecule has 7 nitrogen and oxygen atoms in total. The summed E-state index contributed by atoms with van der Waals surface area (Å²) in [5.74, 6) is 0.705. The van der Waals surface area contributed by atoms with Gasteiger partial charge in [-0.15, -0.1) is 0 Å². The number of carbonyl (C=O) groups excluding carboxylic acids is 1. The first-order valence-corrected chi connectivity index (χ1v) is 12.2. The van der Waals surface area contributed by atoms with Gasteiger partial charge in [0, 0.05) is 42.2 Å². The third-order valence-corrected chi connectivity index (χ3v) is 7.57. The van der Waals surface area contributed by atoms with Crippen molar-refractivity contribution in [3.05, 3.63) is 64.6 Å². The molecule has 3 aromatic rings. The van der Waals surface area contributed by atoms with E-state index in [0.29, 0.717) is 35.5 Å². The van der Waals surface area contributed by atoms with Gasteiger partial charge in [0.15, 0.2) is 11.7 Å². The van der Waals surface area contributed by atoms with E-state index in [0.717, 1.165) is 5.56 Å². The lowest BCUT2D eigenvalue weighted by Crippen LogP contribution is -2.30. The van der Waals surface area contributed by atoms with Crippen LogP contribution in [0.4, 0.5) is 5.69 Å². The largest absolute Gasteiger partial charge is 0.441 e. The van der Waals surface area contributed by atoms with Gasteiger partial charge in [0.25, 0.3) is 0 Å². The minimum absolute atomic E-state index is 0.0408. The number of amides is 1. The highest BCUT2D eigenvalue weighted by molar-refractivity contribution is 7.89. The molecular formula is C22H23Cl2N3O4S. The van der Waals surface area contributed by atoms with Crippen LogP contribution in [0, 0.1) is 0 Å². The second-order valence-corrected chi connectivity index (χ2v) is 9.66. The summed E-state index contributed by atoms with van der Waals surface area (Å²) in [4.78, 5) is 16.6. The summed E-state index contributed by atoms with van der Waals surface area (Å²) >= 11 is 12.0. The SMILES string of the molecule is CCN(CC)S(=O)(=O)c1cc(NC(=O)CCc2ncc(-c3ccc(Cl)cc3)o2)ccc1Cl. The maximum atomic E-state index is 12.8. The average Bonchev–Trinajstić information content (AvgIpc) is 3.24. The molecular weight excluding hydrogens is 473 g/mol. The topological polar surface area (TPSA) is 92.5 Å². The van der Waals surface area contributed by atoms with Crippen molar-refractivity contribution in [1.82, 2.24) is 9.29 Å². The summed E-state index contributed by atoms with van der Waals surface area (Å²) in [6, 6.07) is 11.6. The number of hydrogen-bond acceptors (Lipinski definition) is 5. The van der Waals surface area contributed by atoms with Gasteiger partial charge >= 0.3 is 0 Å². The van der Waals surface area contributed by atoms with Gasteiger partial charge in [-0.1, -0.05) is 37.0 Å². The van der Waals surface area contributed by atoms with Gasteiger partial charge in [-0.2, -0.15) is 4.31 Å². The molecule has 0 spiro atoms. The molecule has 1 aromatic heterocycles. The number of anilines is 1. The van der Waals surface area contributed by atoms with Gasteiger partial charge < -0.3 is 9.73 Å². The lowest BCUT2D eigenvalue weighted by Gasteiger charge is -2.19. The zero-order chi connectivity index (χ0) is 23.3. The highest BCUT2D eigenvalue weighted by Crippen LogP contribution is 2.28. The van der Waals surface area contributed by atoms with Crippen molar-refractivity contribution >= 4 is 44.8 Å². The molecule has 0 saturated carbocycles. The minimum Gasteiger partial charge on any atom is -0.441 e. The molecule has 1 N–H and O–H groups in total. The molecule has 10 heteroatoms. The first kappa shape index (κ1) is 24.3. The quantitative estimate of drug-likeness (QED) is 0.437. The molecule has 0 aliphatic carbocycles. The van der Waals surface area contributed by atoms with Crippen LogP contribution in [0.2, 0.25) is 10.0 Å². The van der Waals surface area contributed by atoms with Gasteiger partial charge in [-0.25, -0.2) is 13.4 Å². The van der Waals surface area contributed by atoms with Crippen molar-refractivity contribution in [2.75, 3.05) is 18.4 Å². The van der Waals surface area contributed by atoms with Crippen LogP contribution in [-0.2, 0) is 21.2 Å². The highest BCUT2D eigenvalue weighted by atomic mass is 35.5. The predicted octanol–water partition coefficient (Wildman–Crippen LogP) is 5.25. The van der Waals surface area contributed by atoms with Crippen LogP contribution in [0.15, 0.2) is 58.0 Å². The van der Waals surface area contributed by atoms with E-state index in [-0.39, 0.29) is 28.7 Å². The first-order valence-electron chi connectivity index (χ1n) is 10.0. The fraction of sp³-hybridized carbons (Fsp3) is 0.273. The van der Waals surface area contributed by atoms with E-state index in [1.165, 1.54) is 16.4 Å². The molecule has 0 unspecified atom stereocenters. The van der Waals surface area contributed by atoms with E-state index >= 15 is 0 Å². The van der Waals surface area contributed by atoms with Crippen molar-refractivity contribution in [1.29, 1.82) is 0 Å². The number of rotatable bonds is 9. The van der Waals surface area contributed by atoms with Gasteiger partial charge in [-0.05, 0) is 42.5 Å². The fourth-order valence-corrected chi connectivity index (χ4v) is 5.18. The lowest BCUT2D eigenvalue weighted by atomic mass is 10.2. The van der Waals surface area contributed by atoms with E-state index in [9.17, 15) is 13.2 Å². The molecule has 32 heavy (non-hydrogen) atoms. The molecule has 1 heterocycles. The number of halogens is 2. The predicted molar refractivity (Wildman–Crippen MR) is 125 cm³/mol. The van der Waals surface area contributed by atoms with Crippen molar-refractivity contribution in [3.8, 4) is 11.3 Å². The molecule has 1 amide bonds. The molecule has 0 radical (unpaired) electrons. The number of hydrogen-bond donors (Lipinski definition) is 1. The van der Waals surface area contributed by atoms with Crippen LogP contribution >= 0.6 is 23.2 Å². The third kappa shape index (κ3) is 5.69. The van der Waals surface area contributed by atoms with E-state index in [2.05, 4.69) is 10.3 Å². The Labute approximate surface area is 197 Å². The Bertz CT molecular complexity index is 1190. The summed E-state index contributed by atoms with van der Waals surface area (Å²) in [7, 11) is -3.75. The number of oxazole rings is 1. The number of benzene rings is 2. The lowest BCUT2D eigenvalue weighted by molar-refractivity contribution is -0.116. The Morgan fingerprint density at radius 2 is 1.78 bits per heavy atom. The minimum atomic E-state index is -3.75. The van der Waals surface area contributed by atoms with Crippen LogP contribution < -0.4 is 5.32 Å². The fourth-order valence-electron chi connectivity index (χ4n) is 3.10. The number of carbonyl (C=O) groups is 1.